The summed E-state index contributed by atoms with van der Waals surface area (Å²) in [6, 6.07) is 19.4. The number of rotatable bonds is 5. The molecular weight excluding hydrogens is 467 g/mol. The van der Waals surface area contributed by atoms with Gasteiger partial charge in [0, 0.05) is 17.6 Å². The molecule has 0 atom stereocenters. The van der Waals surface area contributed by atoms with Crippen LogP contribution in [0.1, 0.15) is 16.8 Å². The molecule has 0 aliphatic carbocycles. The third kappa shape index (κ3) is 4.70. The normalized spacial score (nSPS) is 11.3. The average Bonchev–Trinajstić information content (AvgIpc) is 3.21. The quantitative estimate of drug-likeness (QED) is 0.348. The topological polar surface area (TPSA) is 71.1 Å². The lowest BCUT2D eigenvalue weighted by Gasteiger charge is -2.16. The minimum Gasteiger partial charge on any atom is -0.506 e. The molecule has 4 aromatic rings. The highest BCUT2D eigenvalue weighted by molar-refractivity contribution is 6.30. The van der Waals surface area contributed by atoms with Gasteiger partial charge in [0.05, 0.1) is 22.9 Å². The van der Waals surface area contributed by atoms with Crippen LogP contribution in [0.5, 0.6) is 11.5 Å². The summed E-state index contributed by atoms with van der Waals surface area (Å²) >= 11 is 5.92. The van der Waals surface area contributed by atoms with Gasteiger partial charge in [-0.2, -0.15) is 23.5 Å². The van der Waals surface area contributed by atoms with Crippen molar-refractivity contribution in [3.05, 3.63) is 88.6 Å². The van der Waals surface area contributed by atoms with Crippen LogP contribution in [-0.2, 0) is 19.8 Å². The SMILES string of the molecule is Cn1nc(-c2ccc(OCc3ccc(Cl)cc3)c(-c3ccc(C#N)cc3)c2O)cc1C(F)(F)F. The van der Waals surface area contributed by atoms with E-state index in [2.05, 4.69) is 5.10 Å². The van der Waals surface area contributed by atoms with Crippen molar-refractivity contribution >= 4 is 11.6 Å². The zero-order valence-corrected chi connectivity index (χ0v) is 18.5. The zero-order chi connectivity index (χ0) is 24.5. The lowest BCUT2D eigenvalue weighted by molar-refractivity contribution is -0.143. The number of benzene rings is 3. The summed E-state index contributed by atoms with van der Waals surface area (Å²) in [7, 11) is 1.19. The van der Waals surface area contributed by atoms with Crippen LogP contribution in [0.3, 0.4) is 0 Å². The Balaban J connectivity index is 1.80. The Kier molecular flexibility index (Phi) is 6.22. The molecule has 0 aliphatic heterocycles. The highest BCUT2D eigenvalue weighted by atomic mass is 35.5. The Labute approximate surface area is 198 Å². The summed E-state index contributed by atoms with van der Waals surface area (Å²) in [5.41, 5.74) is 1.19. The number of ether oxygens (including phenoxy) is 1. The molecule has 0 aliphatic rings. The van der Waals surface area contributed by atoms with Crippen molar-refractivity contribution in [3.8, 4) is 40.0 Å². The average molecular weight is 484 g/mol. The summed E-state index contributed by atoms with van der Waals surface area (Å²) in [5.74, 6) is 0.0259. The van der Waals surface area contributed by atoms with Crippen molar-refractivity contribution in [2.24, 2.45) is 7.05 Å². The summed E-state index contributed by atoms with van der Waals surface area (Å²) in [4.78, 5) is 0. The van der Waals surface area contributed by atoms with E-state index < -0.39 is 11.9 Å². The number of phenolic OH excluding ortho intramolecular Hbond substituents is 1. The highest BCUT2D eigenvalue weighted by Gasteiger charge is 2.35. The fourth-order valence-corrected chi connectivity index (χ4v) is 3.62. The zero-order valence-electron chi connectivity index (χ0n) is 17.8. The van der Waals surface area contributed by atoms with Crippen LogP contribution in [0.15, 0.2) is 66.7 Å². The van der Waals surface area contributed by atoms with Gasteiger partial charge in [-0.25, -0.2) is 0 Å². The molecule has 0 amide bonds. The molecule has 0 saturated heterocycles. The smallest absolute Gasteiger partial charge is 0.433 e. The maximum atomic E-state index is 13.3. The molecule has 5 nitrogen and oxygen atoms in total. The molecule has 0 unspecified atom stereocenters. The molecule has 1 aromatic heterocycles. The summed E-state index contributed by atoms with van der Waals surface area (Å²) in [6.45, 7) is 0.168. The largest absolute Gasteiger partial charge is 0.506 e. The Hall–Kier alpha value is -3.96. The molecule has 172 valence electrons. The summed E-state index contributed by atoms with van der Waals surface area (Å²) in [6.07, 6.45) is -4.59. The number of nitrogens with zero attached hydrogens (tertiary/aromatic N) is 3. The second kappa shape index (κ2) is 9.12. The fraction of sp³-hybridized carbons (Fsp3) is 0.120. The molecule has 9 heteroatoms. The molecule has 0 spiro atoms. The van der Waals surface area contributed by atoms with E-state index in [9.17, 15) is 18.3 Å². The van der Waals surface area contributed by atoms with Gasteiger partial charge in [-0.3, -0.25) is 4.68 Å². The number of aryl methyl sites for hydroxylation is 1. The molecule has 0 bridgehead atoms. The van der Waals surface area contributed by atoms with Crippen LogP contribution in [0.25, 0.3) is 22.4 Å². The van der Waals surface area contributed by atoms with Crippen LogP contribution in [0.2, 0.25) is 5.02 Å². The van der Waals surface area contributed by atoms with E-state index in [4.69, 9.17) is 21.6 Å². The molecule has 4 rings (SSSR count). The molecule has 34 heavy (non-hydrogen) atoms. The van der Waals surface area contributed by atoms with Gasteiger partial charge in [0.1, 0.15) is 23.8 Å². The van der Waals surface area contributed by atoms with Gasteiger partial charge in [-0.05, 0) is 53.6 Å². The Morgan fingerprint density at radius 2 is 1.74 bits per heavy atom. The second-order valence-electron chi connectivity index (χ2n) is 7.48. The molecule has 0 saturated carbocycles. The van der Waals surface area contributed by atoms with Crippen molar-refractivity contribution in [2.45, 2.75) is 12.8 Å². The first-order valence-electron chi connectivity index (χ1n) is 10.0. The van der Waals surface area contributed by atoms with E-state index in [0.29, 0.717) is 21.9 Å². The Morgan fingerprint density at radius 1 is 1.06 bits per heavy atom. The van der Waals surface area contributed by atoms with Gasteiger partial charge in [-0.15, -0.1) is 0 Å². The predicted molar refractivity (Wildman–Crippen MR) is 121 cm³/mol. The third-order valence-electron chi connectivity index (χ3n) is 5.20. The number of aromatic nitrogens is 2. The first kappa shape index (κ1) is 23.2. The van der Waals surface area contributed by atoms with Gasteiger partial charge < -0.3 is 9.84 Å². The van der Waals surface area contributed by atoms with Gasteiger partial charge in [0.15, 0.2) is 0 Å². The van der Waals surface area contributed by atoms with Crippen LogP contribution in [0.4, 0.5) is 13.2 Å². The van der Waals surface area contributed by atoms with E-state index in [-0.39, 0.29) is 29.2 Å². The third-order valence-corrected chi connectivity index (χ3v) is 5.45. The van der Waals surface area contributed by atoms with E-state index >= 15 is 0 Å². The number of nitriles is 1. The highest BCUT2D eigenvalue weighted by Crippen LogP contribution is 2.45. The second-order valence-corrected chi connectivity index (χ2v) is 7.91. The van der Waals surface area contributed by atoms with Crippen LogP contribution >= 0.6 is 11.6 Å². The van der Waals surface area contributed by atoms with E-state index in [0.717, 1.165) is 16.3 Å². The first-order chi connectivity index (χ1) is 16.2. The minimum absolute atomic E-state index is 0.0357. The number of phenols is 1. The molecule has 0 radical (unpaired) electrons. The fourth-order valence-electron chi connectivity index (χ4n) is 3.50. The minimum atomic E-state index is -4.59. The standard InChI is InChI=1S/C25H17ClF3N3O2/c1-32-22(25(27,28)29)12-20(31-32)19-10-11-21(34-14-16-4-8-18(26)9-5-16)23(24(19)33)17-6-2-15(13-30)3-7-17/h2-12,33H,14H2,1H3. The Morgan fingerprint density at radius 3 is 2.32 bits per heavy atom. The lowest BCUT2D eigenvalue weighted by Crippen LogP contribution is -2.11. The molecule has 3 aromatic carbocycles. The van der Waals surface area contributed by atoms with Crippen molar-refractivity contribution in [1.82, 2.24) is 9.78 Å². The lowest BCUT2D eigenvalue weighted by atomic mass is 9.97. The van der Waals surface area contributed by atoms with Gasteiger partial charge in [0.25, 0.3) is 0 Å². The molecule has 1 heterocycles. The number of hydrogen-bond acceptors (Lipinski definition) is 4. The summed E-state index contributed by atoms with van der Waals surface area (Å²) in [5, 5.41) is 24.8. The number of hydrogen-bond donors (Lipinski definition) is 1. The van der Waals surface area contributed by atoms with Crippen molar-refractivity contribution < 1.29 is 23.0 Å². The van der Waals surface area contributed by atoms with Crippen molar-refractivity contribution in [3.63, 3.8) is 0 Å². The van der Waals surface area contributed by atoms with E-state index in [1.165, 1.54) is 13.1 Å². The number of aromatic hydroxyl groups is 1. The van der Waals surface area contributed by atoms with Crippen LogP contribution in [-0.4, -0.2) is 14.9 Å². The van der Waals surface area contributed by atoms with Crippen molar-refractivity contribution in [2.75, 3.05) is 0 Å². The Bertz CT molecular complexity index is 1370. The van der Waals surface area contributed by atoms with Crippen LogP contribution in [0, 0.1) is 11.3 Å². The number of alkyl halides is 3. The molecular formula is C25H17ClF3N3O2. The van der Waals surface area contributed by atoms with Gasteiger partial charge in [0.2, 0.25) is 0 Å². The van der Waals surface area contributed by atoms with Crippen molar-refractivity contribution in [1.29, 1.82) is 5.26 Å². The van der Waals surface area contributed by atoms with Gasteiger partial charge in [-0.1, -0.05) is 35.9 Å². The predicted octanol–water partition coefficient (Wildman–Crippen LogP) is 6.58. The van der Waals surface area contributed by atoms with Crippen LogP contribution < -0.4 is 4.74 Å². The molecule has 1 N–H and O–H groups in total. The maximum Gasteiger partial charge on any atom is 0.433 e. The van der Waals surface area contributed by atoms with Gasteiger partial charge >= 0.3 is 6.18 Å². The monoisotopic (exact) mass is 483 g/mol. The first-order valence-corrected chi connectivity index (χ1v) is 10.4. The van der Waals surface area contributed by atoms with E-state index in [1.807, 2.05) is 6.07 Å². The maximum absolute atomic E-state index is 13.3. The summed E-state index contributed by atoms with van der Waals surface area (Å²) < 4.78 is 46.5. The molecule has 0 fully saturated rings. The van der Waals surface area contributed by atoms with E-state index in [1.54, 1.807) is 54.6 Å². The number of halogens is 4.